The van der Waals surface area contributed by atoms with E-state index in [9.17, 15) is 9.59 Å². The Balaban J connectivity index is 1.59. The predicted octanol–water partition coefficient (Wildman–Crippen LogP) is 4.18. The number of amides is 1. The van der Waals surface area contributed by atoms with Gasteiger partial charge in [0, 0.05) is 16.6 Å². The molecule has 156 valence electrons. The van der Waals surface area contributed by atoms with E-state index in [0.29, 0.717) is 51.6 Å². The minimum atomic E-state index is -0.198. The fourth-order valence-corrected chi connectivity index (χ4v) is 3.78. The average molecular weight is 464 g/mol. The van der Waals surface area contributed by atoms with Crippen molar-refractivity contribution in [2.24, 2.45) is 0 Å². The first-order chi connectivity index (χ1) is 14.5. The number of nitrogens with one attached hydrogen (secondary N) is 1. The lowest BCUT2D eigenvalue weighted by molar-refractivity contribution is -0.118. The molecule has 0 spiro atoms. The molecule has 0 saturated carbocycles. The van der Waals surface area contributed by atoms with E-state index in [0.717, 1.165) is 0 Å². The number of hydrogen-bond donors (Lipinski definition) is 1. The molecular weight excluding hydrogens is 445 g/mol. The molecule has 1 amide bonds. The lowest BCUT2D eigenvalue weighted by atomic mass is 10.2. The first-order valence-electron chi connectivity index (χ1n) is 9.07. The number of fused-ring (bicyclic) bond motifs is 1. The van der Waals surface area contributed by atoms with E-state index in [-0.39, 0.29) is 17.2 Å². The van der Waals surface area contributed by atoms with E-state index in [1.54, 1.807) is 48.5 Å². The summed E-state index contributed by atoms with van der Waals surface area (Å²) in [6.07, 6.45) is 1.61. The molecule has 0 aliphatic heterocycles. The van der Waals surface area contributed by atoms with E-state index >= 15 is 0 Å². The number of benzene rings is 2. The normalized spacial score (nSPS) is 10.7. The average Bonchev–Trinajstić information content (AvgIpc) is 2.73. The smallest absolute Gasteiger partial charge is 0.262 e. The quantitative estimate of drug-likeness (QED) is 0.223. The van der Waals surface area contributed by atoms with Crippen LogP contribution in [0.2, 0.25) is 10.0 Å². The molecule has 0 fully saturated rings. The molecule has 0 aliphatic carbocycles. The molecule has 1 aromatic heterocycles. The molecule has 0 radical (unpaired) electrons. The van der Waals surface area contributed by atoms with Crippen LogP contribution in [0.4, 0.5) is 0 Å². The van der Waals surface area contributed by atoms with Crippen molar-refractivity contribution in [1.29, 1.82) is 0 Å². The fourth-order valence-electron chi connectivity index (χ4n) is 2.65. The lowest BCUT2D eigenvalue weighted by Crippen LogP contribution is -2.30. The standard InChI is InChI=1S/C21H19Cl2N3O3S/c1-2-10-26-20(28)17-8-5-15(23)12-18(17)25-21(26)30-13-19(27)24-9-11-29-16-6-3-14(22)4-7-16/h2-8,12H,1,9-11,13H2,(H,24,27). The maximum Gasteiger partial charge on any atom is 0.262 e. The summed E-state index contributed by atoms with van der Waals surface area (Å²) < 4.78 is 7.03. The van der Waals surface area contributed by atoms with E-state index in [2.05, 4.69) is 16.9 Å². The van der Waals surface area contributed by atoms with Crippen molar-refractivity contribution >= 4 is 51.8 Å². The van der Waals surface area contributed by atoms with Crippen molar-refractivity contribution in [3.63, 3.8) is 0 Å². The largest absolute Gasteiger partial charge is 0.492 e. The number of thioether (sulfide) groups is 1. The summed E-state index contributed by atoms with van der Waals surface area (Å²) in [5.74, 6) is 0.595. The van der Waals surface area contributed by atoms with Gasteiger partial charge in [-0.1, -0.05) is 41.0 Å². The van der Waals surface area contributed by atoms with Crippen molar-refractivity contribution < 1.29 is 9.53 Å². The molecule has 0 saturated heterocycles. The first-order valence-corrected chi connectivity index (χ1v) is 10.8. The van der Waals surface area contributed by atoms with Crippen molar-refractivity contribution in [2.75, 3.05) is 18.9 Å². The van der Waals surface area contributed by atoms with Gasteiger partial charge in [0.2, 0.25) is 5.91 Å². The minimum Gasteiger partial charge on any atom is -0.492 e. The number of carbonyl (C=O) groups is 1. The second-order valence-electron chi connectivity index (χ2n) is 6.20. The van der Waals surface area contributed by atoms with Gasteiger partial charge in [0.05, 0.1) is 23.2 Å². The summed E-state index contributed by atoms with van der Waals surface area (Å²) in [5, 5.41) is 4.80. The van der Waals surface area contributed by atoms with Gasteiger partial charge in [0.15, 0.2) is 5.16 Å². The highest BCUT2D eigenvalue weighted by Crippen LogP contribution is 2.20. The molecule has 1 N–H and O–H groups in total. The lowest BCUT2D eigenvalue weighted by Gasteiger charge is -2.12. The summed E-state index contributed by atoms with van der Waals surface area (Å²) in [5.41, 5.74) is 0.294. The number of allylic oxidation sites excluding steroid dienone is 1. The van der Waals surface area contributed by atoms with Gasteiger partial charge in [-0.3, -0.25) is 14.2 Å². The Morgan fingerprint density at radius 3 is 2.67 bits per heavy atom. The topological polar surface area (TPSA) is 73.2 Å². The third kappa shape index (κ3) is 5.78. The zero-order valence-electron chi connectivity index (χ0n) is 15.9. The van der Waals surface area contributed by atoms with Gasteiger partial charge in [-0.05, 0) is 42.5 Å². The summed E-state index contributed by atoms with van der Waals surface area (Å²) >= 11 is 13.0. The van der Waals surface area contributed by atoms with Crippen LogP contribution in [0.3, 0.4) is 0 Å². The SMILES string of the molecule is C=CCn1c(SCC(=O)NCCOc2ccc(Cl)cc2)nc2cc(Cl)ccc2c1=O. The van der Waals surface area contributed by atoms with Gasteiger partial charge in [0.25, 0.3) is 5.56 Å². The molecule has 0 bridgehead atoms. The van der Waals surface area contributed by atoms with E-state index < -0.39 is 0 Å². The molecular formula is C21H19Cl2N3O3S. The van der Waals surface area contributed by atoms with Crippen LogP contribution >= 0.6 is 35.0 Å². The second kappa shape index (κ2) is 10.5. The van der Waals surface area contributed by atoms with Crippen molar-refractivity contribution in [2.45, 2.75) is 11.7 Å². The Labute approximate surface area is 187 Å². The second-order valence-corrected chi connectivity index (χ2v) is 8.02. The minimum absolute atomic E-state index is 0.108. The molecule has 0 atom stereocenters. The van der Waals surface area contributed by atoms with Crippen LogP contribution in [0, 0.1) is 0 Å². The Morgan fingerprint density at radius 1 is 1.20 bits per heavy atom. The number of ether oxygens (including phenoxy) is 1. The van der Waals surface area contributed by atoms with Crippen LogP contribution in [0.15, 0.2) is 65.1 Å². The highest BCUT2D eigenvalue weighted by Gasteiger charge is 2.13. The maximum absolute atomic E-state index is 12.8. The van der Waals surface area contributed by atoms with E-state index in [1.807, 2.05) is 0 Å². The molecule has 3 aromatic rings. The van der Waals surface area contributed by atoms with Crippen LogP contribution in [0.1, 0.15) is 0 Å². The van der Waals surface area contributed by atoms with Gasteiger partial charge >= 0.3 is 0 Å². The van der Waals surface area contributed by atoms with Gasteiger partial charge in [-0.15, -0.1) is 6.58 Å². The number of halogens is 2. The van der Waals surface area contributed by atoms with Gasteiger partial charge in [0.1, 0.15) is 12.4 Å². The highest BCUT2D eigenvalue weighted by molar-refractivity contribution is 7.99. The van der Waals surface area contributed by atoms with Gasteiger partial charge in [-0.2, -0.15) is 0 Å². The maximum atomic E-state index is 12.8. The molecule has 1 heterocycles. The van der Waals surface area contributed by atoms with Gasteiger partial charge < -0.3 is 10.1 Å². The van der Waals surface area contributed by atoms with Crippen molar-refractivity contribution in [3.05, 3.63) is 75.5 Å². The van der Waals surface area contributed by atoms with Crippen LogP contribution in [0.25, 0.3) is 10.9 Å². The van der Waals surface area contributed by atoms with Gasteiger partial charge in [-0.25, -0.2) is 4.98 Å². The van der Waals surface area contributed by atoms with E-state index in [1.165, 1.54) is 16.3 Å². The Morgan fingerprint density at radius 2 is 1.93 bits per heavy atom. The number of hydrogen-bond acceptors (Lipinski definition) is 5. The molecule has 0 unspecified atom stereocenters. The predicted molar refractivity (Wildman–Crippen MR) is 122 cm³/mol. The number of nitrogens with zero attached hydrogens (tertiary/aromatic N) is 2. The monoisotopic (exact) mass is 463 g/mol. The molecule has 2 aromatic carbocycles. The molecule has 30 heavy (non-hydrogen) atoms. The van der Waals surface area contributed by atoms with Crippen molar-refractivity contribution in [3.8, 4) is 5.75 Å². The summed E-state index contributed by atoms with van der Waals surface area (Å²) in [6, 6.07) is 11.9. The number of rotatable bonds is 9. The third-order valence-electron chi connectivity index (χ3n) is 4.03. The van der Waals surface area contributed by atoms with E-state index in [4.69, 9.17) is 27.9 Å². The zero-order chi connectivity index (χ0) is 21.5. The Hall–Kier alpha value is -2.48. The molecule has 6 nitrogen and oxygen atoms in total. The third-order valence-corrected chi connectivity index (χ3v) is 5.50. The zero-order valence-corrected chi connectivity index (χ0v) is 18.3. The van der Waals surface area contributed by atoms with Crippen molar-refractivity contribution in [1.82, 2.24) is 14.9 Å². The summed E-state index contributed by atoms with van der Waals surface area (Å²) in [7, 11) is 0. The molecule has 0 aliphatic rings. The van der Waals surface area contributed by atoms with Crippen LogP contribution in [-0.4, -0.2) is 34.4 Å². The van der Waals surface area contributed by atoms with Crippen LogP contribution in [-0.2, 0) is 11.3 Å². The van der Waals surface area contributed by atoms with Crippen LogP contribution in [0.5, 0.6) is 5.75 Å². The summed E-state index contributed by atoms with van der Waals surface area (Å²) in [6.45, 7) is 4.66. The Kier molecular flexibility index (Phi) is 7.79. The fraction of sp³-hybridized carbons (Fsp3) is 0.190. The number of aromatic nitrogens is 2. The Bertz CT molecular complexity index is 1120. The summed E-state index contributed by atoms with van der Waals surface area (Å²) in [4.78, 5) is 29.4. The highest BCUT2D eigenvalue weighted by atomic mass is 35.5. The number of carbonyl (C=O) groups excluding carboxylic acids is 1. The molecule has 3 rings (SSSR count). The first kappa shape index (κ1) is 22.2. The molecule has 9 heteroatoms. The van der Waals surface area contributed by atoms with Crippen LogP contribution < -0.4 is 15.6 Å².